The fourth-order valence-electron chi connectivity index (χ4n) is 1.29. The zero-order valence-electron chi connectivity index (χ0n) is 7.07. The first-order chi connectivity index (χ1) is 6.36. The van der Waals surface area contributed by atoms with Gasteiger partial charge in [-0.1, -0.05) is 58.5 Å². The Hall–Kier alpha value is -1.08. The first-order valence-corrected chi connectivity index (χ1v) is 4.96. The smallest absolute Gasteiger partial charge is 0.0181 e. The molecule has 0 heterocycles. The Balaban J connectivity index is 2.56. The molecular weight excluding hydrogens is 224 g/mol. The molecule has 0 aromatic heterocycles. The largest absolute Gasteiger partial charge is 0.0622 e. The van der Waals surface area contributed by atoms with Crippen LogP contribution in [0.25, 0.3) is 12.2 Å². The molecule has 0 fully saturated rings. The normalized spacial score (nSPS) is 21.0. The van der Waals surface area contributed by atoms with E-state index in [0.29, 0.717) is 0 Å². The van der Waals surface area contributed by atoms with E-state index < -0.39 is 0 Å². The number of fused-ring (bicyclic) bond motifs is 1. The number of benzene rings is 1. The molecule has 0 amide bonds. The number of hydrogen-bond donors (Lipinski definition) is 0. The van der Waals surface area contributed by atoms with Crippen LogP contribution in [0.5, 0.6) is 0 Å². The lowest BCUT2D eigenvalue weighted by Gasteiger charge is -2.02. The number of rotatable bonds is 0. The van der Waals surface area contributed by atoms with Crippen LogP contribution >= 0.6 is 15.9 Å². The molecule has 1 aliphatic carbocycles. The quantitative estimate of drug-likeness (QED) is 0.634. The van der Waals surface area contributed by atoms with E-state index in [0.717, 1.165) is 4.47 Å². The molecule has 2 rings (SSSR count). The summed E-state index contributed by atoms with van der Waals surface area (Å²) in [4.78, 5) is 0. The summed E-state index contributed by atoms with van der Waals surface area (Å²) in [5, 5.41) is 0. The maximum absolute atomic E-state index is 3.46. The minimum Gasteiger partial charge on any atom is -0.0622 e. The van der Waals surface area contributed by atoms with Gasteiger partial charge in [0.05, 0.1) is 0 Å². The summed E-state index contributed by atoms with van der Waals surface area (Å²) in [6, 6.07) is 6.29. The maximum Gasteiger partial charge on any atom is 0.0181 e. The van der Waals surface area contributed by atoms with Crippen molar-refractivity contribution in [3.63, 3.8) is 0 Å². The third kappa shape index (κ3) is 1.99. The van der Waals surface area contributed by atoms with Gasteiger partial charge in [0.25, 0.3) is 0 Å². The van der Waals surface area contributed by atoms with Gasteiger partial charge < -0.3 is 0 Å². The molecule has 0 atom stereocenters. The van der Waals surface area contributed by atoms with Crippen molar-refractivity contribution in [1.29, 1.82) is 0 Å². The van der Waals surface area contributed by atoms with Gasteiger partial charge in [-0.3, -0.25) is 0 Å². The van der Waals surface area contributed by atoms with Gasteiger partial charge in [-0.2, -0.15) is 0 Å². The number of allylic oxidation sites excluding steroid dienone is 4. The monoisotopic (exact) mass is 232 g/mol. The van der Waals surface area contributed by atoms with E-state index >= 15 is 0 Å². The van der Waals surface area contributed by atoms with Crippen molar-refractivity contribution in [3.05, 3.63) is 58.1 Å². The molecule has 64 valence electrons. The summed E-state index contributed by atoms with van der Waals surface area (Å²) < 4.78 is 1.12. The Morgan fingerprint density at radius 3 is 2.23 bits per heavy atom. The lowest BCUT2D eigenvalue weighted by atomic mass is 10.1. The highest BCUT2D eigenvalue weighted by atomic mass is 79.9. The summed E-state index contributed by atoms with van der Waals surface area (Å²) in [5.41, 5.74) is 2.50. The second-order valence-corrected chi connectivity index (χ2v) is 3.79. The molecule has 1 aliphatic rings. The average Bonchev–Trinajstić information content (AvgIpc) is 2.08. The summed E-state index contributed by atoms with van der Waals surface area (Å²) in [6.45, 7) is 0. The summed E-state index contributed by atoms with van der Waals surface area (Å²) in [5.74, 6) is 0. The molecule has 0 radical (unpaired) electrons. The van der Waals surface area contributed by atoms with Crippen LogP contribution in [0, 0.1) is 0 Å². The van der Waals surface area contributed by atoms with Gasteiger partial charge in [-0.25, -0.2) is 0 Å². The number of halogens is 1. The lowest BCUT2D eigenvalue weighted by Crippen LogP contribution is -1.81. The van der Waals surface area contributed by atoms with E-state index in [4.69, 9.17) is 0 Å². The van der Waals surface area contributed by atoms with E-state index in [2.05, 4.69) is 58.4 Å². The van der Waals surface area contributed by atoms with Crippen molar-refractivity contribution in [2.24, 2.45) is 0 Å². The molecule has 0 saturated heterocycles. The highest BCUT2D eigenvalue weighted by Gasteiger charge is 1.97. The Bertz CT molecular complexity index is 398. The zero-order valence-corrected chi connectivity index (χ0v) is 8.66. The van der Waals surface area contributed by atoms with Crippen LogP contribution in [0.4, 0.5) is 0 Å². The van der Waals surface area contributed by atoms with E-state index in [1.54, 1.807) is 0 Å². The van der Waals surface area contributed by atoms with Gasteiger partial charge in [-0.05, 0) is 23.3 Å². The fourth-order valence-corrected chi connectivity index (χ4v) is 1.67. The van der Waals surface area contributed by atoms with Crippen LogP contribution in [0.2, 0.25) is 0 Å². The van der Waals surface area contributed by atoms with Crippen molar-refractivity contribution >= 4 is 28.1 Å². The predicted molar refractivity (Wildman–Crippen MR) is 61.4 cm³/mol. The van der Waals surface area contributed by atoms with Gasteiger partial charge in [0.1, 0.15) is 0 Å². The van der Waals surface area contributed by atoms with E-state index in [1.807, 2.05) is 12.2 Å². The van der Waals surface area contributed by atoms with Crippen molar-refractivity contribution < 1.29 is 0 Å². The minimum atomic E-state index is 1.12. The lowest BCUT2D eigenvalue weighted by molar-refractivity contribution is 1.56. The van der Waals surface area contributed by atoms with Gasteiger partial charge in [-0.15, -0.1) is 0 Å². The zero-order chi connectivity index (χ0) is 9.10. The van der Waals surface area contributed by atoms with Gasteiger partial charge in [0.2, 0.25) is 0 Å². The van der Waals surface area contributed by atoms with Crippen LogP contribution in [0.1, 0.15) is 11.1 Å². The maximum atomic E-state index is 3.46. The van der Waals surface area contributed by atoms with Gasteiger partial charge in [0, 0.05) is 4.47 Å². The van der Waals surface area contributed by atoms with Crippen molar-refractivity contribution in [2.45, 2.75) is 0 Å². The highest BCUT2D eigenvalue weighted by molar-refractivity contribution is 9.10. The van der Waals surface area contributed by atoms with E-state index in [9.17, 15) is 0 Å². The van der Waals surface area contributed by atoms with Gasteiger partial charge >= 0.3 is 0 Å². The van der Waals surface area contributed by atoms with E-state index in [-0.39, 0.29) is 0 Å². The Morgan fingerprint density at radius 1 is 0.769 bits per heavy atom. The van der Waals surface area contributed by atoms with Crippen LogP contribution in [-0.2, 0) is 0 Å². The SMILES string of the molecule is Brc1ccc2c(c1)\C=C/C=C\C=C/2. The van der Waals surface area contributed by atoms with Crippen molar-refractivity contribution in [3.8, 4) is 0 Å². The van der Waals surface area contributed by atoms with Crippen LogP contribution < -0.4 is 0 Å². The second-order valence-electron chi connectivity index (χ2n) is 2.88. The number of hydrogen-bond acceptors (Lipinski definition) is 0. The molecule has 0 nitrogen and oxygen atoms in total. The highest BCUT2D eigenvalue weighted by Crippen LogP contribution is 2.20. The van der Waals surface area contributed by atoms with Crippen LogP contribution in [0.15, 0.2) is 47.0 Å². The first kappa shape index (κ1) is 8.52. The molecule has 0 saturated carbocycles. The summed E-state index contributed by atoms with van der Waals surface area (Å²) >= 11 is 3.46. The molecule has 0 bridgehead atoms. The topological polar surface area (TPSA) is 0 Å². The molecule has 0 aliphatic heterocycles. The molecular formula is C12H9Br. The minimum absolute atomic E-state index is 1.12. The fraction of sp³-hybridized carbons (Fsp3) is 0. The predicted octanol–water partition coefficient (Wildman–Crippen LogP) is 4.05. The molecule has 0 unspecified atom stereocenters. The second kappa shape index (κ2) is 3.75. The molecule has 0 spiro atoms. The molecule has 0 N–H and O–H groups in total. The van der Waals surface area contributed by atoms with E-state index in [1.165, 1.54) is 11.1 Å². The molecule has 1 aromatic carbocycles. The Labute approximate surface area is 86.4 Å². The van der Waals surface area contributed by atoms with Gasteiger partial charge in [0.15, 0.2) is 0 Å². The average molecular weight is 233 g/mol. The molecule has 1 aromatic rings. The van der Waals surface area contributed by atoms with Crippen LogP contribution in [0.3, 0.4) is 0 Å². The van der Waals surface area contributed by atoms with Crippen LogP contribution in [-0.4, -0.2) is 0 Å². The van der Waals surface area contributed by atoms with Crippen molar-refractivity contribution in [2.75, 3.05) is 0 Å². The Kier molecular flexibility index (Phi) is 2.46. The molecule has 13 heavy (non-hydrogen) atoms. The Morgan fingerprint density at radius 2 is 1.46 bits per heavy atom. The first-order valence-electron chi connectivity index (χ1n) is 4.17. The van der Waals surface area contributed by atoms with Crippen molar-refractivity contribution in [1.82, 2.24) is 0 Å². The third-order valence-electron chi connectivity index (χ3n) is 1.93. The molecule has 1 heteroatoms. The summed E-state index contributed by atoms with van der Waals surface area (Å²) in [6.07, 6.45) is 12.4. The third-order valence-corrected chi connectivity index (χ3v) is 2.43. The summed E-state index contributed by atoms with van der Waals surface area (Å²) in [7, 11) is 0. The standard InChI is InChI=1S/C12H9Br/c13-12-8-7-10-5-3-1-2-4-6-11(10)9-12/h1-9H/b2-1-,3-1?,4-2?,5-3-,6-4-,10-5?,11-6?.